The van der Waals surface area contributed by atoms with Crippen molar-refractivity contribution in [3.63, 3.8) is 0 Å². The Morgan fingerprint density at radius 1 is 1.28 bits per heavy atom. The van der Waals surface area contributed by atoms with Gasteiger partial charge in [0.25, 0.3) is 0 Å². The lowest BCUT2D eigenvalue weighted by molar-refractivity contribution is 0.883. The highest BCUT2D eigenvalue weighted by Gasteiger charge is 2.05. The first-order valence-electron chi connectivity index (χ1n) is 6.09. The summed E-state index contributed by atoms with van der Waals surface area (Å²) in [7, 11) is 2.15. The van der Waals surface area contributed by atoms with Gasteiger partial charge in [0, 0.05) is 30.0 Å². The van der Waals surface area contributed by atoms with Crippen molar-refractivity contribution in [2.45, 2.75) is 19.2 Å². The second-order valence-electron chi connectivity index (χ2n) is 4.51. The van der Waals surface area contributed by atoms with E-state index in [0.717, 1.165) is 13.0 Å². The summed E-state index contributed by atoms with van der Waals surface area (Å²) in [6, 6.07) is 10.8. The fourth-order valence-electron chi connectivity index (χ4n) is 2.08. The number of nitrogens with zero attached hydrogens (tertiary/aromatic N) is 1. The maximum Gasteiger partial charge on any atom is 0.0474 e. The zero-order valence-electron chi connectivity index (χ0n) is 10.8. The average molecular weight is 280 g/mol. The molecule has 96 valence electrons. The third kappa shape index (κ3) is 3.27. The average Bonchev–Trinajstić information content (AvgIpc) is 2.88. The number of alkyl halides is 1. The van der Waals surface area contributed by atoms with Gasteiger partial charge < -0.3 is 4.90 Å². The van der Waals surface area contributed by atoms with Gasteiger partial charge in [-0.3, -0.25) is 0 Å². The number of aryl methyl sites for hydroxylation is 1. The third-order valence-electron chi connectivity index (χ3n) is 3.10. The zero-order chi connectivity index (χ0) is 13.0. The smallest absolute Gasteiger partial charge is 0.0474 e. The van der Waals surface area contributed by atoms with Crippen LogP contribution < -0.4 is 4.90 Å². The van der Waals surface area contributed by atoms with E-state index in [2.05, 4.69) is 54.6 Å². The molecule has 3 heteroatoms. The predicted octanol–water partition coefficient (Wildman–Crippen LogP) is 4.47. The van der Waals surface area contributed by atoms with Crippen LogP contribution in [0.3, 0.4) is 0 Å². The van der Waals surface area contributed by atoms with Crippen LogP contribution in [0.1, 0.15) is 16.0 Å². The quantitative estimate of drug-likeness (QED) is 0.730. The Labute approximate surface area is 118 Å². The topological polar surface area (TPSA) is 3.24 Å². The number of thiophene rings is 1. The summed E-state index contributed by atoms with van der Waals surface area (Å²) < 4.78 is 0. The Hall–Kier alpha value is -0.990. The highest BCUT2D eigenvalue weighted by molar-refractivity contribution is 7.09. The summed E-state index contributed by atoms with van der Waals surface area (Å²) in [5.41, 5.74) is 3.77. The highest BCUT2D eigenvalue weighted by atomic mass is 35.5. The Balaban J connectivity index is 2.02. The molecule has 2 aromatic rings. The molecule has 0 radical (unpaired) electrons. The van der Waals surface area contributed by atoms with Crippen molar-refractivity contribution < 1.29 is 0 Å². The molecule has 2 rings (SSSR count). The van der Waals surface area contributed by atoms with Gasteiger partial charge in [0.2, 0.25) is 0 Å². The van der Waals surface area contributed by atoms with Crippen LogP contribution in [0.4, 0.5) is 5.69 Å². The molecule has 0 amide bonds. The molecule has 0 unspecified atom stereocenters. The number of halogens is 1. The number of anilines is 1. The minimum Gasteiger partial charge on any atom is -0.374 e. The van der Waals surface area contributed by atoms with E-state index in [9.17, 15) is 0 Å². The van der Waals surface area contributed by atoms with Gasteiger partial charge in [-0.05, 0) is 42.0 Å². The van der Waals surface area contributed by atoms with Crippen LogP contribution in [0.2, 0.25) is 0 Å². The van der Waals surface area contributed by atoms with Crippen LogP contribution in [0.15, 0.2) is 35.7 Å². The SMILES string of the molecule is Cc1cc(CCl)ccc1N(C)CCc1cccs1. The molecule has 0 bridgehead atoms. The van der Waals surface area contributed by atoms with E-state index >= 15 is 0 Å². The van der Waals surface area contributed by atoms with Crippen molar-refractivity contribution in [1.29, 1.82) is 0 Å². The molecule has 0 aliphatic rings. The summed E-state index contributed by atoms with van der Waals surface area (Å²) in [4.78, 5) is 3.75. The largest absolute Gasteiger partial charge is 0.374 e. The molecular formula is C15H18ClNS. The lowest BCUT2D eigenvalue weighted by Crippen LogP contribution is -2.20. The van der Waals surface area contributed by atoms with Gasteiger partial charge in [-0.15, -0.1) is 22.9 Å². The lowest BCUT2D eigenvalue weighted by Gasteiger charge is -2.21. The molecule has 1 aromatic carbocycles. The fraction of sp³-hybridized carbons (Fsp3) is 0.333. The molecule has 0 aliphatic carbocycles. The van der Waals surface area contributed by atoms with E-state index in [-0.39, 0.29) is 0 Å². The Kier molecular flexibility index (Phi) is 4.67. The maximum atomic E-state index is 5.85. The van der Waals surface area contributed by atoms with E-state index in [1.807, 2.05) is 11.3 Å². The van der Waals surface area contributed by atoms with Gasteiger partial charge >= 0.3 is 0 Å². The molecule has 0 saturated carbocycles. The molecule has 18 heavy (non-hydrogen) atoms. The molecule has 0 aliphatic heterocycles. The first-order chi connectivity index (χ1) is 8.70. The van der Waals surface area contributed by atoms with Crippen molar-refractivity contribution in [2.24, 2.45) is 0 Å². The molecule has 1 aromatic heterocycles. The lowest BCUT2D eigenvalue weighted by atomic mass is 10.1. The van der Waals surface area contributed by atoms with Crippen LogP contribution in [0.5, 0.6) is 0 Å². The third-order valence-corrected chi connectivity index (χ3v) is 4.35. The molecule has 0 fully saturated rings. The van der Waals surface area contributed by atoms with Crippen LogP contribution >= 0.6 is 22.9 Å². The summed E-state index contributed by atoms with van der Waals surface area (Å²) in [6.45, 7) is 3.19. The molecule has 1 nitrogen and oxygen atoms in total. The molecule has 0 N–H and O–H groups in total. The van der Waals surface area contributed by atoms with Crippen molar-refractivity contribution in [3.8, 4) is 0 Å². The van der Waals surface area contributed by atoms with Crippen molar-refractivity contribution in [3.05, 3.63) is 51.7 Å². The van der Waals surface area contributed by atoms with E-state index < -0.39 is 0 Å². The fourth-order valence-corrected chi connectivity index (χ4v) is 2.95. The van der Waals surface area contributed by atoms with E-state index in [4.69, 9.17) is 11.6 Å². The minimum absolute atomic E-state index is 0.583. The standard InChI is InChI=1S/C15H18ClNS/c1-12-10-13(11-16)5-6-15(12)17(2)8-7-14-4-3-9-18-14/h3-6,9-10H,7-8,11H2,1-2H3. The Morgan fingerprint density at radius 3 is 2.72 bits per heavy atom. The van der Waals surface area contributed by atoms with Crippen LogP contribution in [-0.4, -0.2) is 13.6 Å². The Morgan fingerprint density at radius 2 is 2.11 bits per heavy atom. The van der Waals surface area contributed by atoms with E-state index in [0.29, 0.717) is 5.88 Å². The second-order valence-corrected chi connectivity index (χ2v) is 5.80. The number of benzene rings is 1. The van der Waals surface area contributed by atoms with E-state index in [1.165, 1.54) is 21.7 Å². The predicted molar refractivity (Wildman–Crippen MR) is 82.0 cm³/mol. The minimum atomic E-state index is 0.583. The number of likely N-dealkylation sites (N-methyl/N-ethyl adjacent to an activating group) is 1. The highest BCUT2D eigenvalue weighted by Crippen LogP contribution is 2.21. The number of hydrogen-bond donors (Lipinski definition) is 0. The molecule has 0 spiro atoms. The monoisotopic (exact) mass is 279 g/mol. The zero-order valence-corrected chi connectivity index (χ0v) is 12.4. The second kappa shape index (κ2) is 6.26. The maximum absolute atomic E-state index is 5.85. The van der Waals surface area contributed by atoms with Gasteiger partial charge in [0.05, 0.1) is 0 Å². The van der Waals surface area contributed by atoms with Crippen molar-refractivity contribution >= 4 is 28.6 Å². The van der Waals surface area contributed by atoms with Gasteiger partial charge in [-0.1, -0.05) is 18.2 Å². The van der Waals surface area contributed by atoms with E-state index in [1.54, 1.807) is 0 Å². The summed E-state index contributed by atoms with van der Waals surface area (Å²) in [5.74, 6) is 0.583. The van der Waals surface area contributed by atoms with Gasteiger partial charge in [-0.2, -0.15) is 0 Å². The summed E-state index contributed by atoms with van der Waals surface area (Å²) in [5, 5.41) is 2.13. The number of rotatable bonds is 5. The van der Waals surface area contributed by atoms with Crippen LogP contribution in [0.25, 0.3) is 0 Å². The normalized spacial score (nSPS) is 10.6. The summed E-state index contributed by atoms with van der Waals surface area (Å²) >= 11 is 7.67. The molecule has 0 saturated heterocycles. The van der Waals surface area contributed by atoms with Crippen LogP contribution in [-0.2, 0) is 12.3 Å². The molecular weight excluding hydrogens is 262 g/mol. The van der Waals surface area contributed by atoms with Crippen LogP contribution in [0, 0.1) is 6.92 Å². The van der Waals surface area contributed by atoms with Gasteiger partial charge in [-0.25, -0.2) is 0 Å². The number of hydrogen-bond acceptors (Lipinski definition) is 2. The van der Waals surface area contributed by atoms with Crippen molar-refractivity contribution in [1.82, 2.24) is 0 Å². The van der Waals surface area contributed by atoms with Gasteiger partial charge in [0.15, 0.2) is 0 Å². The first kappa shape index (κ1) is 13.4. The molecule has 0 atom stereocenters. The summed E-state index contributed by atoms with van der Waals surface area (Å²) in [6.07, 6.45) is 1.10. The first-order valence-corrected chi connectivity index (χ1v) is 7.51. The van der Waals surface area contributed by atoms with Crippen molar-refractivity contribution in [2.75, 3.05) is 18.5 Å². The van der Waals surface area contributed by atoms with Gasteiger partial charge in [0.1, 0.15) is 0 Å². The molecule has 1 heterocycles. The Bertz CT molecular complexity index is 493.